The second-order valence-corrected chi connectivity index (χ2v) is 5.69. The Labute approximate surface area is 134 Å². The number of hydrogen-bond donors (Lipinski definition) is 2. The Morgan fingerprint density at radius 2 is 2.17 bits per heavy atom. The van der Waals surface area contributed by atoms with Crippen molar-refractivity contribution >= 4 is 5.91 Å². The third kappa shape index (κ3) is 4.95. The molecule has 0 bridgehead atoms. The minimum absolute atomic E-state index is 0.0538. The zero-order valence-electron chi connectivity index (χ0n) is 13.1. The fourth-order valence-corrected chi connectivity index (χ4v) is 2.66. The summed E-state index contributed by atoms with van der Waals surface area (Å²) in [5.74, 6) is -1.77. The maximum Gasteiger partial charge on any atom is 0.222 e. The van der Waals surface area contributed by atoms with Crippen LogP contribution in [-0.4, -0.2) is 55.4 Å². The maximum atomic E-state index is 13.4. The Hall–Kier alpha value is -1.57. The van der Waals surface area contributed by atoms with E-state index in [2.05, 4.69) is 5.32 Å². The lowest BCUT2D eigenvalue weighted by atomic mass is 10.1. The first-order chi connectivity index (χ1) is 11.0. The predicted octanol–water partition coefficient (Wildman–Crippen LogP) is 1.23. The van der Waals surface area contributed by atoms with Crippen molar-refractivity contribution in [1.82, 2.24) is 10.2 Å². The van der Waals surface area contributed by atoms with E-state index in [1.54, 1.807) is 4.90 Å². The van der Waals surface area contributed by atoms with E-state index in [1.807, 2.05) is 0 Å². The highest BCUT2D eigenvalue weighted by Crippen LogP contribution is 2.17. The van der Waals surface area contributed by atoms with E-state index >= 15 is 0 Å². The quantitative estimate of drug-likeness (QED) is 0.753. The van der Waals surface area contributed by atoms with Crippen LogP contribution in [0.1, 0.15) is 24.4 Å². The fourth-order valence-electron chi connectivity index (χ4n) is 2.66. The van der Waals surface area contributed by atoms with Gasteiger partial charge in [0.05, 0.1) is 18.8 Å². The molecule has 0 aromatic heterocycles. The number of ether oxygens (including phenoxy) is 1. The number of carbonyl (C=O) groups excluding carboxylic acids is 1. The summed E-state index contributed by atoms with van der Waals surface area (Å²) in [6.45, 7) is 1.40. The number of benzene rings is 1. The minimum Gasteiger partial charge on any atom is -0.390 e. The van der Waals surface area contributed by atoms with E-state index in [0.717, 1.165) is 18.6 Å². The molecule has 0 radical (unpaired) electrons. The zero-order valence-corrected chi connectivity index (χ0v) is 13.1. The summed E-state index contributed by atoms with van der Waals surface area (Å²) in [4.78, 5) is 13.2. The molecular formula is C16H22F2N2O3. The molecule has 2 atom stereocenters. The van der Waals surface area contributed by atoms with Crippen LogP contribution in [0.3, 0.4) is 0 Å². The minimum atomic E-state index is -0.923. The number of β-amino-alcohol motifs (C(OH)–C–C–N with tert-alkyl or cyclic N) is 1. The van der Waals surface area contributed by atoms with Gasteiger partial charge in [-0.1, -0.05) is 6.07 Å². The molecule has 1 saturated heterocycles. The number of aliphatic hydroxyl groups excluding tert-OH is 1. The van der Waals surface area contributed by atoms with Crippen molar-refractivity contribution in [3.8, 4) is 0 Å². The highest BCUT2D eigenvalue weighted by molar-refractivity contribution is 5.78. The predicted molar refractivity (Wildman–Crippen MR) is 80.8 cm³/mol. The summed E-state index contributed by atoms with van der Waals surface area (Å²) in [5, 5.41) is 13.1. The van der Waals surface area contributed by atoms with Crippen molar-refractivity contribution in [2.24, 2.45) is 0 Å². The number of hydrogen-bond acceptors (Lipinski definition) is 4. The third-order valence-corrected chi connectivity index (χ3v) is 3.88. The lowest BCUT2D eigenvalue weighted by molar-refractivity contribution is -0.128. The maximum absolute atomic E-state index is 13.4. The number of amides is 1. The summed E-state index contributed by atoms with van der Waals surface area (Å²) in [5.41, 5.74) is 0.537. The van der Waals surface area contributed by atoms with Gasteiger partial charge >= 0.3 is 0 Å². The van der Waals surface area contributed by atoms with Gasteiger partial charge in [-0.2, -0.15) is 0 Å². The Morgan fingerprint density at radius 3 is 2.78 bits per heavy atom. The summed E-state index contributed by atoms with van der Waals surface area (Å²) < 4.78 is 31.5. The number of aliphatic hydroxyl groups is 1. The molecule has 2 N–H and O–H groups in total. The summed E-state index contributed by atoms with van der Waals surface area (Å²) >= 11 is 0. The van der Waals surface area contributed by atoms with Crippen LogP contribution in [0.4, 0.5) is 8.78 Å². The molecule has 1 fully saturated rings. The average molecular weight is 328 g/mol. The Bertz CT molecular complexity index is 542. The van der Waals surface area contributed by atoms with Gasteiger partial charge in [0.2, 0.25) is 5.91 Å². The van der Waals surface area contributed by atoms with Crippen LogP contribution in [0.15, 0.2) is 18.2 Å². The largest absolute Gasteiger partial charge is 0.390 e. The molecule has 1 aliphatic heterocycles. The molecule has 23 heavy (non-hydrogen) atoms. The highest BCUT2D eigenvalue weighted by Gasteiger charge is 2.23. The first-order valence-electron chi connectivity index (χ1n) is 7.64. The summed E-state index contributed by atoms with van der Waals surface area (Å²) in [6.07, 6.45) is 0.614. The van der Waals surface area contributed by atoms with Crippen molar-refractivity contribution in [2.75, 3.05) is 33.4 Å². The van der Waals surface area contributed by atoms with E-state index in [4.69, 9.17) is 4.74 Å². The van der Waals surface area contributed by atoms with Crippen molar-refractivity contribution < 1.29 is 23.4 Å². The van der Waals surface area contributed by atoms with Crippen LogP contribution >= 0.6 is 0 Å². The monoisotopic (exact) mass is 328 g/mol. The van der Waals surface area contributed by atoms with Gasteiger partial charge in [0.25, 0.3) is 0 Å². The van der Waals surface area contributed by atoms with Gasteiger partial charge in [0.1, 0.15) is 0 Å². The van der Waals surface area contributed by atoms with Gasteiger partial charge in [-0.15, -0.1) is 0 Å². The highest BCUT2D eigenvalue weighted by atomic mass is 19.2. The molecule has 1 aliphatic rings. The smallest absolute Gasteiger partial charge is 0.222 e. The van der Waals surface area contributed by atoms with Gasteiger partial charge in [-0.3, -0.25) is 4.79 Å². The van der Waals surface area contributed by atoms with Crippen LogP contribution in [0.5, 0.6) is 0 Å². The molecule has 1 aromatic rings. The van der Waals surface area contributed by atoms with Gasteiger partial charge < -0.3 is 20.1 Å². The Kier molecular flexibility index (Phi) is 6.44. The van der Waals surface area contributed by atoms with E-state index in [1.165, 1.54) is 13.2 Å². The standard InChI is InChI=1S/C16H22F2N2O3/c1-23-10-15(11-4-5-13(17)14(18)7-11)19-8-12(21)9-20-6-2-3-16(20)22/h4-5,7,12,15,19,21H,2-3,6,8-10H2,1H3. The van der Waals surface area contributed by atoms with Crippen LogP contribution < -0.4 is 5.32 Å². The molecular weight excluding hydrogens is 306 g/mol. The molecule has 1 heterocycles. The van der Waals surface area contributed by atoms with Crippen LogP contribution in [0.25, 0.3) is 0 Å². The lowest BCUT2D eigenvalue weighted by Crippen LogP contribution is -2.40. The first kappa shape index (κ1) is 17.8. The Morgan fingerprint density at radius 1 is 1.39 bits per heavy atom. The number of halogens is 2. The normalized spacial score (nSPS) is 17.6. The van der Waals surface area contributed by atoms with Gasteiger partial charge in [-0.25, -0.2) is 8.78 Å². The Balaban J connectivity index is 1.91. The van der Waals surface area contributed by atoms with E-state index < -0.39 is 17.7 Å². The van der Waals surface area contributed by atoms with Crippen LogP contribution in [-0.2, 0) is 9.53 Å². The molecule has 0 saturated carbocycles. The summed E-state index contributed by atoms with van der Waals surface area (Å²) in [7, 11) is 1.51. The molecule has 1 aromatic carbocycles. The zero-order chi connectivity index (χ0) is 16.8. The van der Waals surface area contributed by atoms with Crippen molar-refractivity contribution in [2.45, 2.75) is 25.0 Å². The average Bonchev–Trinajstić information content (AvgIpc) is 2.91. The molecule has 2 unspecified atom stereocenters. The number of nitrogens with zero attached hydrogens (tertiary/aromatic N) is 1. The van der Waals surface area contributed by atoms with Crippen molar-refractivity contribution in [3.63, 3.8) is 0 Å². The number of rotatable bonds is 8. The lowest BCUT2D eigenvalue weighted by Gasteiger charge is -2.23. The summed E-state index contributed by atoms with van der Waals surface area (Å²) in [6, 6.07) is 3.28. The fraction of sp³-hybridized carbons (Fsp3) is 0.562. The first-order valence-corrected chi connectivity index (χ1v) is 7.64. The topological polar surface area (TPSA) is 61.8 Å². The van der Waals surface area contributed by atoms with Gasteiger partial charge in [0, 0.05) is 33.2 Å². The molecule has 0 aliphatic carbocycles. The number of nitrogens with one attached hydrogen (secondary N) is 1. The molecule has 0 spiro atoms. The number of likely N-dealkylation sites (tertiary alicyclic amines) is 1. The van der Waals surface area contributed by atoms with Crippen molar-refractivity contribution in [1.29, 1.82) is 0 Å². The van der Waals surface area contributed by atoms with E-state index in [9.17, 15) is 18.7 Å². The number of methoxy groups -OCH3 is 1. The molecule has 2 rings (SSSR count). The SMILES string of the molecule is COCC(NCC(O)CN1CCCC1=O)c1ccc(F)c(F)c1. The molecule has 7 heteroatoms. The van der Waals surface area contributed by atoms with Crippen LogP contribution in [0.2, 0.25) is 0 Å². The van der Waals surface area contributed by atoms with E-state index in [0.29, 0.717) is 18.5 Å². The van der Waals surface area contributed by atoms with Gasteiger partial charge in [0.15, 0.2) is 11.6 Å². The van der Waals surface area contributed by atoms with Gasteiger partial charge in [-0.05, 0) is 24.1 Å². The second-order valence-electron chi connectivity index (χ2n) is 5.69. The second kappa shape index (κ2) is 8.33. The van der Waals surface area contributed by atoms with Crippen molar-refractivity contribution in [3.05, 3.63) is 35.4 Å². The number of carbonyl (C=O) groups is 1. The molecule has 1 amide bonds. The van der Waals surface area contributed by atoms with E-state index in [-0.39, 0.29) is 31.6 Å². The third-order valence-electron chi connectivity index (χ3n) is 3.88. The molecule has 5 nitrogen and oxygen atoms in total. The molecule has 128 valence electrons. The van der Waals surface area contributed by atoms with Crippen LogP contribution in [0, 0.1) is 11.6 Å².